The Bertz CT molecular complexity index is 463. The zero-order chi connectivity index (χ0) is 14.4. The van der Waals surface area contributed by atoms with Crippen LogP contribution in [0.4, 0.5) is 0 Å². The number of thiophene rings is 1. The normalized spacial score (nSPS) is 19.6. The maximum absolute atomic E-state index is 9.28. The molecule has 4 heteroatoms. The van der Waals surface area contributed by atoms with Gasteiger partial charge in [-0.1, -0.05) is 41.5 Å². The first kappa shape index (κ1) is 14.7. The van der Waals surface area contributed by atoms with Gasteiger partial charge in [-0.05, 0) is 0 Å². The molecule has 0 aromatic carbocycles. The van der Waals surface area contributed by atoms with E-state index in [4.69, 9.17) is 9.47 Å². The third kappa shape index (κ3) is 2.75. The van der Waals surface area contributed by atoms with E-state index in [1.54, 1.807) is 11.3 Å². The van der Waals surface area contributed by atoms with Crippen LogP contribution in [0.15, 0.2) is 0 Å². The number of fused-ring (bicyclic) bond motifs is 1. The minimum atomic E-state index is -0.254. The van der Waals surface area contributed by atoms with Gasteiger partial charge in [0, 0.05) is 10.8 Å². The summed E-state index contributed by atoms with van der Waals surface area (Å²) in [7, 11) is 0. The number of ether oxygens (including phenoxy) is 2. The smallest absolute Gasteiger partial charge is 0.176 e. The molecule has 0 bridgehead atoms. The second-order valence-electron chi connectivity index (χ2n) is 7.15. The van der Waals surface area contributed by atoms with E-state index in [-0.39, 0.29) is 23.5 Å². The summed E-state index contributed by atoms with van der Waals surface area (Å²) in [6.07, 6.45) is -0.254. The summed E-state index contributed by atoms with van der Waals surface area (Å²) in [4.78, 5) is 2.43. The average molecular weight is 284 g/mol. The predicted molar refractivity (Wildman–Crippen MR) is 78.7 cm³/mol. The molecule has 19 heavy (non-hydrogen) atoms. The first-order valence-electron chi connectivity index (χ1n) is 6.72. The highest BCUT2D eigenvalue weighted by atomic mass is 32.1. The summed E-state index contributed by atoms with van der Waals surface area (Å²) in [5.74, 6) is 1.72. The lowest BCUT2D eigenvalue weighted by Gasteiger charge is -2.28. The van der Waals surface area contributed by atoms with Crippen molar-refractivity contribution in [2.75, 3.05) is 13.2 Å². The summed E-state index contributed by atoms with van der Waals surface area (Å²) in [5.41, 5.74) is 0.0482. The zero-order valence-electron chi connectivity index (χ0n) is 12.7. The van der Waals surface area contributed by atoms with Gasteiger partial charge in [0.1, 0.15) is 6.61 Å². The molecule has 1 atom stereocenters. The van der Waals surface area contributed by atoms with Gasteiger partial charge in [0.05, 0.1) is 16.4 Å². The molecule has 2 heterocycles. The Hall–Kier alpha value is -0.740. The van der Waals surface area contributed by atoms with Crippen LogP contribution in [0.25, 0.3) is 0 Å². The lowest BCUT2D eigenvalue weighted by Crippen LogP contribution is -2.33. The molecule has 1 unspecified atom stereocenters. The molecule has 0 saturated heterocycles. The molecule has 0 amide bonds. The van der Waals surface area contributed by atoms with Crippen LogP contribution >= 0.6 is 11.3 Å². The number of aliphatic hydroxyl groups is 1. The van der Waals surface area contributed by atoms with Crippen molar-refractivity contribution in [2.45, 2.75) is 58.5 Å². The van der Waals surface area contributed by atoms with Crippen molar-refractivity contribution in [2.24, 2.45) is 0 Å². The fourth-order valence-electron chi connectivity index (χ4n) is 2.09. The quantitative estimate of drug-likeness (QED) is 0.858. The van der Waals surface area contributed by atoms with Crippen LogP contribution in [0.1, 0.15) is 51.3 Å². The van der Waals surface area contributed by atoms with Crippen molar-refractivity contribution >= 4 is 11.3 Å². The van der Waals surface area contributed by atoms with Gasteiger partial charge >= 0.3 is 0 Å². The number of rotatable bonds is 1. The lowest BCUT2D eigenvalue weighted by atomic mass is 9.91. The lowest BCUT2D eigenvalue weighted by molar-refractivity contribution is 0.0441. The van der Waals surface area contributed by atoms with Gasteiger partial charge in [-0.3, -0.25) is 0 Å². The second-order valence-corrected chi connectivity index (χ2v) is 8.17. The molecule has 0 fully saturated rings. The van der Waals surface area contributed by atoms with Crippen LogP contribution in [0.2, 0.25) is 0 Å². The van der Waals surface area contributed by atoms with Gasteiger partial charge in [-0.15, -0.1) is 11.3 Å². The topological polar surface area (TPSA) is 38.7 Å². The summed E-state index contributed by atoms with van der Waals surface area (Å²) in [6, 6.07) is 0. The highest BCUT2D eigenvalue weighted by molar-refractivity contribution is 7.13. The van der Waals surface area contributed by atoms with Crippen molar-refractivity contribution < 1.29 is 14.6 Å². The molecular formula is C15H24O3S. The van der Waals surface area contributed by atoms with Crippen LogP contribution in [-0.2, 0) is 10.8 Å². The Morgan fingerprint density at radius 2 is 1.58 bits per heavy atom. The first-order chi connectivity index (χ1) is 8.64. The zero-order valence-corrected chi connectivity index (χ0v) is 13.5. The van der Waals surface area contributed by atoms with Crippen molar-refractivity contribution in [1.82, 2.24) is 0 Å². The van der Waals surface area contributed by atoms with Gasteiger partial charge in [-0.25, -0.2) is 0 Å². The molecule has 108 valence electrons. The van der Waals surface area contributed by atoms with E-state index in [1.165, 1.54) is 9.75 Å². The summed E-state index contributed by atoms with van der Waals surface area (Å²) in [6.45, 7) is 13.5. The van der Waals surface area contributed by atoms with E-state index in [0.29, 0.717) is 6.61 Å². The molecule has 1 aromatic heterocycles. The maximum atomic E-state index is 9.28. The Labute approximate surface area is 119 Å². The standard InChI is InChI=1S/C15H24O3S/c1-14(2,3)12-10-11(13(19-12)15(4,5)6)18-9(7-16)8-17-10/h9,16H,7-8H2,1-6H3. The van der Waals surface area contributed by atoms with E-state index in [2.05, 4.69) is 41.5 Å². The van der Waals surface area contributed by atoms with E-state index >= 15 is 0 Å². The predicted octanol–water partition coefficient (Wildman–Crippen LogP) is 3.48. The monoisotopic (exact) mass is 284 g/mol. The third-order valence-electron chi connectivity index (χ3n) is 3.09. The van der Waals surface area contributed by atoms with E-state index in [0.717, 1.165) is 11.5 Å². The Morgan fingerprint density at radius 1 is 1.05 bits per heavy atom. The number of aliphatic hydroxyl groups excluding tert-OH is 1. The molecule has 0 spiro atoms. The van der Waals surface area contributed by atoms with Gasteiger partial charge in [0.25, 0.3) is 0 Å². The molecule has 0 radical (unpaired) electrons. The van der Waals surface area contributed by atoms with Crippen molar-refractivity contribution in [3.05, 3.63) is 9.75 Å². The molecular weight excluding hydrogens is 260 g/mol. The minimum Gasteiger partial charge on any atom is -0.485 e. The maximum Gasteiger partial charge on any atom is 0.176 e. The van der Waals surface area contributed by atoms with Gasteiger partial charge < -0.3 is 14.6 Å². The van der Waals surface area contributed by atoms with Crippen molar-refractivity contribution in [1.29, 1.82) is 0 Å². The number of hydrogen-bond acceptors (Lipinski definition) is 4. The minimum absolute atomic E-state index is 0.0102. The van der Waals surface area contributed by atoms with Crippen molar-refractivity contribution in [3.63, 3.8) is 0 Å². The molecule has 0 saturated carbocycles. The van der Waals surface area contributed by atoms with Crippen LogP contribution in [0.5, 0.6) is 11.5 Å². The highest BCUT2D eigenvalue weighted by Crippen LogP contribution is 2.53. The second kappa shape index (κ2) is 4.67. The highest BCUT2D eigenvalue weighted by Gasteiger charge is 2.36. The Morgan fingerprint density at radius 3 is 2.05 bits per heavy atom. The van der Waals surface area contributed by atoms with Crippen LogP contribution in [0.3, 0.4) is 0 Å². The van der Waals surface area contributed by atoms with Gasteiger partial charge in [0.2, 0.25) is 0 Å². The Kier molecular flexibility index (Phi) is 3.60. The summed E-state index contributed by atoms with van der Waals surface area (Å²) < 4.78 is 11.8. The van der Waals surface area contributed by atoms with E-state index in [9.17, 15) is 5.11 Å². The van der Waals surface area contributed by atoms with Crippen LogP contribution in [-0.4, -0.2) is 24.4 Å². The molecule has 1 aliphatic heterocycles. The molecule has 1 aliphatic rings. The molecule has 0 aliphatic carbocycles. The summed E-state index contributed by atoms with van der Waals surface area (Å²) >= 11 is 1.77. The largest absolute Gasteiger partial charge is 0.485 e. The molecule has 1 aromatic rings. The fraction of sp³-hybridized carbons (Fsp3) is 0.733. The first-order valence-corrected chi connectivity index (χ1v) is 7.54. The van der Waals surface area contributed by atoms with Crippen LogP contribution < -0.4 is 9.47 Å². The SMILES string of the molecule is CC(C)(C)c1sc(C(C)(C)C)c2c1OCC(CO)O2. The fourth-order valence-corrected chi connectivity index (χ4v) is 3.39. The third-order valence-corrected chi connectivity index (χ3v) is 5.09. The van der Waals surface area contributed by atoms with Crippen LogP contribution in [0, 0.1) is 0 Å². The van der Waals surface area contributed by atoms with E-state index in [1.807, 2.05) is 0 Å². The van der Waals surface area contributed by atoms with Crippen molar-refractivity contribution in [3.8, 4) is 11.5 Å². The van der Waals surface area contributed by atoms with Gasteiger partial charge in [-0.2, -0.15) is 0 Å². The van der Waals surface area contributed by atoms with Gasteiger partial charge in [0.15, 0.2) is 17.6 Å². The molecule has 3 nitrogen and oxygen atoms in total. The molecule has 2 rings (SSSR count). The average Bonchev–Trinajstić information content (AvgIpc) is 2.66. The Balaban J connectivity index is 2.55. The molecule has 1 N–H and O–H groups in total. The summed E-state index contributed by atoms with van der Waals surface area (Å²) in [5, 5.41) is 9.28. The number of hydrogen-bond donors (Lipinski definition) is 1. The van der Waals surface area contributed by atoms with E-state index < -0.39 is 0 Å².